The molecule has 1 fully saturated rings. The van der Waals surface area contributed by atoms with E-state index in [2.05, 4.69) is 12.2 Å². The molecule has 1 aliphatic rings. The molecule has 0 aliphatic carbocycles. The van der Waals surface area contributed by atoms with Crippen LogP contribution in [0, 0.1) is 0 Å². The first kappa shape index (κ1) is 9.49. The van der Waals surface area contributed by atoms with Crippen molar-refractivity contribution in [3.8, 4) is 5.75 Å². The number of aromatic hydroxyl groups is 1. The largest absolute Gasteiger partial charge is 0.508 e. The maximum atomic E-state index is 9.39. The van der Waals surface area contributed by atoms with Crippen LogP contribution >= 0.6 is 0 Å². The molecule has 0 radical (unpaired) electrons. The molecule has 76 valence electrons. The van der Waals surface area contributed by atoms with Gasteiger partial charge in [-0.25, -0.2) is 0 Å². The maximum Gasteiger partial charge on any atom is 0.115 e. The number of ether oxygens (including phenoxy) is 1. The van der Waals surface area contributed by atoms with Gasteiger partial charge in [0, 0.05) is 6.54 Å². The van der Waals surface area contributed by atoms with Crippen molar-refractivity contribution in [1.29, 1.82) is 0 Å². The highest BCUT2D eigenvalue weighted by Gasteiger charge is 2.29. The van der Waals surface area contributed by atoms with Crippen LogP contribution < -0.4 is 5.32 Å². The van der Waals surface area contributed by atoms with Crippen LogP contribution in [0.4, 0.5) is 0 Å². The summed E-state index contributed by atoms with van der Waals surface area (Å²) in [6.45, 7) is 4.35. The summed E-state index contributed by atoms with van der Waals surface area (Å²) in [5.74, 6) is 0.302. The molecule has 2 N–H and O–H groups in total. The number of hydrogen-bond acceptors (Lipinski definition) is 3. The smallest absolute Gasteiger partial charge is 0.115 e. The first-order valence-electron chi connectivity index (χ1n) is 4.83. The van der Waals surface area contributed by atoms with Crippen molar-refractivity contribution in [3.05, 3.63) is 29.8 Å². The summed E-state index contributed by atoms with van der Waals surface area (Å²) >= 11 is 0. The number of nitrogens with one attached hydrogen (secondary N) is 1. The number of rotatable bonds is 1. The summed E-state index contributed by atoms with van der Waals surface area (Å²) in [7, 11) is 0. The summed E-state index contributed by atoms with van der Waals surface area (Å²) in [5, 5.41) is 12.8. The molecule has 2 rings (SSSR count). The SMILES string of the molecule is CC1(c2cccc(O)c2)COCCN1. The molecule has 0 bridgehead atoms. The first-order valence-corrected chi connectivity index (χ1v) is 4.83. The van der Waals surface area contributed by atoms with E-state index in [1.165, 1.54) is 0 Å². The van der Waals surface area contributed by atoms with Gasteiger partial charge in [0.25, 0.3) is 0 Å². The molecule has 3 nitrogen and oxygen atoms in total. The molecular weight excluding hydrogens is 178 g/mol. The number of hydrogen-bond donors (Lipinski definition) is 2. The minimum atomic E-state index is -0.170. The van der Waals surface area contributed by atoms with E-state index in [0.29, 0.717) is 12.4 Å². The Bertz CT molecular complexity index is 319. The monoisotopic (exact) mass is 193 g/mol. The molecule has 0 saturated carbocycles. The van der Waals surface area contributed by atoms with Gasteiger partial charge in [0.1, 0.15) is 5.75 Å². The van der Waals surface area contributed by atoms with Gasteiger partial charge in [-0.05, 0) is 24.6 Å². The lowest BCUT2D eigenvalue weighted by Crippen LogP contribution is -2.49. The predicted molar refractivity (Wildman–Crippen MR) is 54.3 cm³/mol. The van der Waals surface area contributed by atoms with E-state index in [0.717, 1.165) is 18.7 Å². The topological polar surface area (TPSA) is 41.5 Å². The zero-order valence-corrected chi connectivity index (χ0v) is 8.29. The van der Waals surface area contributed by atoms with Crippen molar-refractivity contribution in [2.75, 3.05) is 19.8 Å². The highest BCUT2D eigenvalue weighted by molar-refractivity contribution is 5.32. The molecule has 1 atom stereocenters. The highest BCUT2D eigenvalue weighted by atomic mass is 16.5. The normalized spacial score (nSPS) is 27.5. The van der Waals surface area contributed by atoms with Crippen molar-refractivity contribution in [3.63, 3.8) is 0 Å². The second-order valence-corrected chi connectivity index (χ2v) is 3.86. The Morgan fingerprint density at radius 3 is 3.00 bits per heavy atom. The van der Waals surface area contributed by atoms with Crippen molar-refractivity contribution in [2.24, 2.45) is 0 Å². The third kappa shape index (κ3) is 1.74. The highest BCUT2D eigenvalue weighted by Crippen LogP contribution is 2.25. The Kier molecular flexibility index (Phi) is 2.44. The number of phenolic OH excluding ortho intramolecular Hbond substituents is 1. The van der Waals surface area contributed by atoms with Gasteiger partial charge in [0.05, 0.1) is 18.8 Å². The number of morpholine rings is 1. The third-order valence-corrected chi connectivity index (χ3v) is 2.64. The quantitative estimate of drug-likeness (QED) is 0.704. The fourth-order valence-corrected chi connectivity index (χ4v) is 1.76. The Labute approximate surface area is 83.7 Å². The van der Waals surface area contributed by atoms with Crippen LogP contribution in [-0.4, -0.2) is 24.9 Å². The van der Waals surface area contributed by atoms with E-state index < -0.39 is 0 Å². The lowest BCUT2D eigenvalue weighted by atomic mass is 9.92. The van der Waals surface area contributed by atoms with Crippen LogP contribution in [0.3, 0.4) is 0 Å². The van der Waals surface area contributed by atoms with Crippen LogP contribution in [-0.2, 0) is 10.3 Å². The molecule has 14 heavy (non-hydrogen) atoms. The molecule has 0 aromatic heterocycles. The van der Waals surface area contributed by atoms with Gasteiger partial charge in [-0.1, -0.05) is 12.1 Å². The predicted octanol–water partition coefficient (Wildman–Crippen LogP) is 1.23. The Balaban J connectivity index is 2.28. The molecule has 1 aromatic carbocycles. The van der Waals surface area contributed by atoms with Gasteiger partial charge in [-0.2, -0.15) is 0 Å². The molecule has 3 heteroatoms. The summed E-state index contributed by atoms with van der Waals surface area (Å²) < 4.78 is 5.44. The van der Waals surface area contributed by atoms with Crippen LogP contribution in [0.1, 0.15) is 12.5 Å². The Morgan fingerprint density at radius 2 is 2.36 bits per heavy atom. The van der Waals surface area contributed by atoms with Gasteiger partial charge in [0.15, 0.2) is 0 Å². The van der Waals surface area contributed by atoms with Gasteiger partial charge >= 0.3 is 0 Å². The third-order valence-electron chi connectivity index (χ3n) is 2.64. The van der Waals surface area contributed by atoms with Crippen LogP contribution in [0.25, 0.3) is 0 Å². The zero-order valence-electron chi connectivity index (χ0n) is 8.29. The van der Waals surface area contributed by atoms with E-state index in [9.17, 15) is 5.11 Å². The first-order chi connectivity index (χ1) is 6.71. The molecule has 1 aliphatic heterocycles. The van der Waals surface area contributed by atoms with Crippen LogP contribution in [0.2, 0.25) is 0 Å². The summed E-state index contributed by atoms with van der Waals surface area (Å²) in [6.07, 6.45) is 0. The molecule has 1 heterocycles. The van der Waals surface area contributed by atoms with Crippen LogP contribution in [0.15, 0.2) is 24.3 Å². The summed E-state index contributed by atoms with van der Waals surface area (Å²) in [5.41, 5.74) is 0.897. The van der Waals surface area contributed by atoms with E-state index >= 15 is 0 Å². The molecule has 0 amide bonds. The molecule has 1 aromatic rings. The molecule has 1 saturated heterocycles. The van der Waals surface area contributed by atoms with Gasteiger partial charge in [0.2, 0.25) is 0 Å². The Hall–Kier alpha value is -1.06. The van der Waals surface area contributed by atoms with E-state index in [4.69, 9.17) is 4.74 Å². The van der Waals surface area contributed by atoms with Crippen molar-refractivity contribution in [1.82, 2.24) is 5.32 Å². The summed E-state index contributed by atoms with van der Waals surface area (Å²) in [6, 6.07) is 7.31. The second-order valence-electron chi connectivity index (χ2n) is 3.86. The van der Waals surface area contributed by atoms with E-state index in [-0.39, 0.29) is 5.54 Å². The fraction of sp³-hybridized carbons (Fsp3) is 0.455. The average Bonchev–Trinajstić information content (AvgIpc) is 2.19. The molecule has 1 unspecified atom stereocenters. The van der Waals surface area contributed by atoms with Crippen molar-refractivity contribution in [2.45, 2.75) is 12.5 Å². The standard InChI is InChI=1S/C11H15NO2/c1-11(8-14-6-5-12-11)9-3-2-4-10(13)7-9/h2-4,7,12-13H,5-6,8H2,1H3. The fourth-order valence-electron chi connectivity index (χ4n) is 1.76. The number of benzene rings is 1. The van der Waals surface area contributed by atoms with Crippen molar-refractivity contribution < 1.29 is 9.84 Å². The van der Waals surface area contributed by atoms with E-state index in [1.54, 1.807) is 12.1 Å². The minimum Gasteiger partial charge on any atom is -0.508 e. The second kappa shape index (κ2) is 3.59. The van der Waals surface area contributed by atoms with Gasteiger partial charge in [-0.15, -0.1) is 0 Å². The average molecular weight is 193 g/mol. The number of phenols is 1. The summed E-state index contributed by atoms with van der Waals surface area (Å²) in [4.78, 5) is 0. The van der Waals surface area contributed by atoms with E-state index in [1.807, 2.05) is 12.1 Å². The van der Waals surface area contributed by atoms with Gasteiger partial charge < -0.3 is 15.2 Å². The van der Waals surface area contributed by atoms with Crippen molar-refractivity contribution >= 4 is 0 Å². The van der Waals surface area contributed by atoms with Crippen LogP contribution in [0.5, 0.6) is 5.75 Å². The lowest BCUT2D eigenvalue weighted by molar-refractivity contribution is 0.0338. The zero-order chi connectivity index (χ0) is 10.0. The molecular formula is C11H15NO2. The molecule has 0 spiro atoms. The minimum absolute atomic E-state index is 0.170. The lowest BCUT2D eigenvalue weighted by Gasteiger charge is -2.35. The Morgan fingerprint density at radius 1 is 1.50 bits per heavy atom. The van der Waals surface area contributed by atoms with Gasteiger partial charge in [-0.3, -0.25) is 0 Å². The maximum absolute atomic E-state index is 9.39.